The molecule has 0 aliphatic rings. The standard InChI is InChI=1S/C7H13INO/c1-2-3-4-5-7(8)9-6-10/h7H,2-5H2,1H3,(H,9,10). The van der Waals surface area contributed by atoms with Crippen molar-refractivity contribution in [1.82, 2.24) is 5.32 Å². The third-order valence-electron chi connectivity index (χ3n) is 1.28. The summed E-state index contributed by atoms with van der Waals surface area (Å²) in [4.78, 5) is 9.81. The maximum atomic E-state index is 9.81. The highest BCUT2D eigenvalue weighted by Crippen LogP contribution is 2.07. The molecule has 1 atom stereocenters. The third-order valence-corrected chi connectivity index (χ3v) is 2.21. The highest BCUT2D eigenvalue weighted by atomic mass is 127. The van der Waals surface area contributed by atoms with Crippen LogP contribution >= 0.6 is 22.6 Å². The Labute approximate surface area is 75.9 Å². The smallest absolute Gasteiger partial charge is 0.310 e. The maximum absolute atomic E-state index is 9.81. The van der Waals surface area contributed by atoms with Crippen molar-refractivity contribution < 1.29 is 4.79 Å². The number of nitrogens with one attached hydrogen (secondary N) is 1. The van der Waals surface area contributed by atoms with Crippen LogP contribution in [0.4, 0.5) is 0 Å². The van der Waals surface area contributed by atoms with Crippen LogP contribution in [0.1, 0.15) is 32.6 Å². The lowest BCUT2D eigenvalue weighted by atomic mass is 10.2. The minimum Gasteiger partial charge on any atom is -0.336 e. The van der Waals surface area contributed by atoms with Gasteiger partial charge in [0.05, 0.1) is 4.05 Å². The highest BCUT2D eigenvalue weighted by molar-refractivity contribution is 14.1. The van der Waals surface area contributed by atoms with Gasteiger partial charge in [0.1, 0.15) is 0 Å². The summed E-state index contributed by atoms with van der Waals surface area (Å²) in [5.41, 5.74) is 0. The molecule has 0 rings (SSSR count). The van der Waals surface area contributed by atoms with Crippen LogP contribution in [0, 0.1) is 0 Å². The van der Waals surface area contributed by atoms with Gasteiger partial charge in [-0.3, -0.25) is 4.79 Å². The minimum absolute atomic E-state index is 0.265. The van der Waals surface area contributed by atoms with Crippen molar-refractivity contribution in [1.29, 1.82) is 0 Å². The summed E-state index contributed by atoms with van der Waals surface area (Å²) in [5, 5.41) is 2.59. The van der Waals surface area contributed by atoms with Crippen molar-refractivity contribution in [3.8, 4) is 0 Å². The number of alkyl halides is 1. The zero-order chi connectivity index (χ0) is 7.82. The van der Waals surface area contributed by atoms with E-state index in [9.17, 15) is 4.79 Å². The molecular weight excluding hydrogens is 241 g/mol. The highest BCUT2D eigenvalue weighted by Gasteiger charge is 1.99. The predicted octanol–water partition coefficient (Wildman–Crippen LogP) is 1.98. The van der Waals surface area contributed by atoms with Crippen LogP contribution < -0.4 is 5.32 Å². The molecule has 10 heavy (non-hydrogen) atoms. The molecule has 0 saturated heterocycles. The predicted molar refractivity (Wildman–Crippen MR) is 50.8 cm³/mol. The molecule has 0 heterocycles. The van der Waals surface area contributed by atoms with Crippen molar-refractivity contribution in [2.75, 3.05) is 0 Å². The summed E-state index contributed by atoms with van der Waals surface area (Å²) in [6.45, 7) is 2.17. The molecule has 1 unspecified atom stereocenters. The summed E-state index contributed by atoms with van der Waals surface area (Å²) >= 11 is 2.21. The molecule has 2 nitrogen and oxygen atoms in total. The molecule has 0 aromatic rings. The van der Waals surface area contributed by atoms with E-state index < -0.39 is 0 Å². The van der Waals surface area contributed by atoms with E-state index in [0.29, 0.717) is 0 Å². The molecule has 59 valence electrons. The molecule has 0 saturated carbocycles. The quantitative estimate of drug-likeness (QED) is 0.254. The third kappa shape index (κ3) is 6.32. The van der Waals surface area contributed by atoms with Crippen molar-refractivity contribution >= 4 is 29.0 Å². The maximum Gasteiger partial charge on any atom is 0.310 e. The van der Waals surface area contributed by atoms with E-state index in [1.54, 1.807) is 6.41 Å². The monoisotopic (exact) mass is 254 g/mol. The molecule has 0 spiro atoms. The molecule has 0 aromatic heterocycles. The van der Waals surface area contributed by atoms with Gasteiger partial charge in [-0.05, 0) is 6.42 Å². The van der Waals surface area contributed by atoms with Crippen LogP contribution in [-0.2, 0) is 4.79 Å². The Morgan fingerprint density at radius 1 is 1.60 bits per heavy atom. The topological polar surface area (TPSA) is 29.1 Å². The summed E-state index contributed by atoms with van der Waals surface area (Å²) < 4.78 is 0.265. The Kier molecular flexibility index (Phi) is 7.45. The van der Waals surface area contributed by atoms with Crippen LogP contribution in [-0.4, -0.2) is 10.5 Å². The average molecular weight is 254 g/mol. The molecule has 1 N–H and O–H groups in total. The Morgan fingerprint density at radius 2 is 2.30 bits per heavy atom. The molecule has 0 aliphatic carbocycles. The first-order valence-corrected chi connectivity index (χ1v) is 4.82. The first kappa shape index (κ1) is 10.2. The van der Waals surface area contributed by atoms with Crippen molar-refractivity contribution in [2.24, 2.45) is 0 Å². The number of unbranched alkanes of at least 4 members (excludes halogenated alkanes) is 2. The van der Waals surface area contributed by atoms with Crippen LogP contribution in [0.15, 0.2) is 0 Å². The molecule has 0 aromatic carbocycles. The minimum atomic E-state index is 0.265. The van der Waals surface area contributed by atoms with E-state index in [2.05, 4.69) is 34.8 Å². The van der Waals surface area contributed by atoms with E-state index in [0.717, 1.165) is 6.42 Å². The summed E-state index contributed by atoms with van der Waals surface area (Å²) in [6.07, 6.45) is 6.42. The zero-order valence-electron chi connectivity index (χ0n) is 6.19. The van der Waals surface area contributed by atoms with Gasteiger partial charge in [-0.25, -0.2) is 0 Å². The van der Waals surface area contributed by atoms with Crippen LogP contribution in [0.5, 0.6) is 0 Å². The Morgan fingerprint density at radius 3 is 2.80 bits per heavy atom. The first-order chi connectivity index (χ1) is 4.81. The van der Waals surface area contributed by atoms with E-state index in [-0.39, 0.29) is 4.05 Å². The number of amides is 1. The number of hydrogen-bond donors (Lipinski definition) is 1. The fraction of sp³-hybridized carbons (Fsp3) is 0.857. The van der Waals surface area contributed by atoms with Crippen LogP contribution in [0.3, 0.4) is 0 Å². The van der Waals surface area contributed by atoms with Gasteiger partial charge in [0, 0.05) is 0 Å². The fourth-order valence-corrected chi connectivity index (χ4v) is 1.28. The Bertz CT molecular complexity index is 87.7. The van der Waals surface area contributed by atoms with Gasteiger partial charge in [-0.2, -0.15) is 0 Å². The molecule has 1 amide bonds. The lowest BCUT2D eigenvalue weighted by Crippen LogP contribution is -2.20. The SMILES string of the molecule is CCCCCC(I)N[C]=O. The largest absolute Gasteiger partial charge is 0.336 e. The molecule has 0 bridgehead atoms. The summed E-state index contributed by atoms with van der Waals surface area (Å²) in [6, 6.07) is 0. The lowest BCUT2D eigenvalue weighted by Gasteiger charge is -2.05. The number of halogens is 1. The molecule has 0 aliphatic heterocycles. The lowest BCUT2D eigenvalue weighted by molar-refractivity contribution is 0.534. The second-order valence-corrected chi connectivity index (χ2v) is 3.71. The van der Waals surface area contributed by atoms with Gasteiger partial charge in [0.25, 0.3) is 0 Å². The molecule has 0 fully saturated rings. The van der Waals surface area contributed by atoms with Gasteiger partial charge in [0.15, 0.2) is 0 Å². The number of rotatable bonds is 6. The molecule has 1 radical (unpaired) electrons. The average Bonchev–Trinajstić information content (AvgIpc) is 1.89. The Hall–Kier alpha value is 0.200. The van der Waals surface area contributed by atoms with Crippen LogP contribution in [0.2, 0.25) is 0 Å². The van der Waals surface area contributed by atoms with Gasteiger partial charge < -0.3 is 5.32 Å². The van der Waals surface area contributed by atoms with Gasteiger partial charge in [0.2, 0.25) is 0 Å². The normalized spacial score (nSPS) is 12.6. The summed E-state index contributed by atoms with van der Waals surface area (Å²) in [7, 11) is 0. The fourth-order valence-electron chi connectivity index (χ4n) is 0.710. The van der Waals surface area contributed by atoms with Crippen molar-refractivity contribution in [2.45, 2.75) is 36.7 Å². The van der Waals surface area contributed by atoms with E-state index in [4.69, 9.17) is 0 Å². The molecule has 3 heteroatoms. The van der Waals surface area contributed by atoms with Crippen molar-refractivity contribution in [3.05, 3.63) is 0 Å². The Balaban J connectivity index is 3.04. The van der Waals surface area contributed by atoms with Crippen molar-refractivity contribution in [3.63, 3.8) is 0 Å². The first-order valence-electron chi connectivity index (χ1n) is 3.58. The van der Waals surface area contributed by atoms with E-state index >= 15 is 0 Å². The van der Waals surface area contributed by atoms with Gasteiger partial charge >= 0.3 is 6.41 Å². The summed E-state index contributed by atoms with van der Waals surface area (Å²) in [5.74, 6) is 0. The van der Waals surface area contributed by atoms with Gasteiger partial charge in [-0.15, -0.1) is 0 Å². The zero-order valence-corrected chi connectivity index (χ0v) is 8.35. The van der Waals surface area contributed by atoms with Crippen LogP contribution in [0.25, 0.3) is 0 Å². The second kappa shape index (κ2) is 7.31. The number of hydrogen-bond acceptors (Lipinski definition) is 1. The second-order valence-electron chi connectivity index (χ2n) is 2.21. The number of carbonyl (C=O) groups excluding carboxylic acids is 1. The molecular formula is C7H13INO. The van der Waals surface area contributed by atoms with Gasteiger partial charge in [-0.1, -0.05) is 48.8 Å². The van der Waals surface area contributed by atoms with E-state index in [1.165, 1.54) is 19.3 Å². The van der Waals surface area contributed by atoms with E-state index in [1.807, 2.05) is 0 Å².